The lowest BCUT2D eigenvalue weighted by molar-refractivity contribution is -0.280. The topological polar surface area (TPSA) is 0 Å². The van der Waals surface area contributed by atoms with Crippen LogP contribution < -0.4 is 23.0 Å². The maximum Gasteiger partial charge on any atom is 0.424 e. The summed E-state index contributed by atoms with van der Waals surface area (Å²) in [6, 6.07) is -3.14. The highest BCUT2D eigenvalue weighted by Crippen LogP contribution is 2.62. The molecular weight excluding hydrogens is 1400 g/mol. The molecule has 0 saturated heterocycles. The summed E-state index contributed by atoms with van der Waals surface area (Å²) >= 11 is -9.12. The van der Waals surface area contributed by atoms with Gasteiger partial charge in [0.25, 0.3) is 13.1 Å². The maximum atomic E-state index is 17.3. The van der Waals surface area contributed by atoms with Crippen molar-refractivity contribution in [3.63, 3.8) is 0 Å². The number of halogens is 35. The Morgan fingerprint density at radius 3 is 0.763 bits per heavy atom. The molecule has 0 saturated carbocycles. The van der Waals surface area contributed by atoms with Crippen LogP contribution in [0.25, 0.3) is 43.1 Å². The SMILES string of the molecule is CCCCCCC(F)(F)C(F)(F)C(F)(F)[PH+](C)c1c(F)c(F)c(F)c(F)c1F.Fc1cc2[c]([Al-]([c]3c(F)c(F)c(F)c4c(F)c(F)c(F)cc34)([c]3c(F)c(F)c(F)c4c(F)c(F)c(F)cc34)[c]3c(F)c(F)c(F)c4c(F)c(F)c(F)cc34)c(F)c(F)c(F)c2c(F)c1F. The van der Waals surface area contributed by atoms with Crippen molar-refractivity contribution in [3.05, 3.63) is 193 Å². The summed E-state index contributed by atoms with van der Waals surface area (Å²) < 4.78 is 519. The monoisotopic (exact) mass is 1420 g/mol. The molecule has 0 amide bonds. The predicted molar refractivity (Wildman–Crippen MR) is 263 cm³/mol. The summed E-state index contributed by atoms with van der Waals surface area (Å²) in [5.41, 5.74) is -5.72. The van der Waals surface area contributed by atoms with Gasteiger partial charge in [-0.25, -0.2) is 119 Å². The van der Waals surface area contributed by atoms with Crippen LogP contribution in [0.4, 0.5) is 154 Å². The van der Waals surface area contributed by atoms with Crippen LogP contribution >= 0.6 is 7.92 Å². The molecule has 9 rings (SSSR count). The van der Waals surface area contributed by atoms with Crippen LogP contribution in [0.5, 0.6) is 0 Å². The highest BCUT2D eigenvalue weighted by atomic mass is 31.1. The average molecular weight is 1420 g/mol. The van der Waals surface area contributed by atoms with Gasteiger partial charge in [-0.05, 0) is 52.2 Å². The summed E-state index contributed by atoms with van der Waals surface area (Å²) in [6.45, 7) is 1.78. The summed E-state index contributed by atoms with van der Waals surface area (Å²) in [7, 11) is -4.70. The average Bonchev–Trinajstić information content (AvgIpc) is 0.668. The molecule has 0 aliphatic rings. The first-order valence-electron chi connectivity index (χ1n) is 25.1. The fourth-order valence-corrected chi connectivity index (χ4v) is 19.3. The van der Waals surface area contributed by atoms with Crippen LogP contribution in [0.1, 0.15) is 39.0 Å². The molecule has 0 spiro atoms. The first-order chi connectivity index (χ1) is 42.9. The predicted octanol–water partition coefficient (Wildman–Crippen LogP) is 17.7. The minimum atomic E-state index is -9.12. The second-order valence-corrected chi connectivity index (χ2v) is 26.6. The fourth-order valence-electron chi connectivity index (χ4n) is 10.9. The zero-order valence-corrected chi connectivity index (χ0v) is 46.8. The van der Waals surface area contributed by atoms with E-state index in [0.29, 0.717) is 12.8 Å². The summed E-state index contributed by atoms with van der Waals surface area (Å²) in [5.74, 6) is -100.0. The van der Waals surface area contributed by atoms with E-state index in [0.717, 1.165) is 0 Å². The molecule has 0 N–H and O–H groups in total. The number of alkyl halides is 6. The van der Waals surface area contributed by atoms with Crippen molar-refractivity contribution in [1.82, 2.24) is 0 Å². The van der Waals surface area contributed by atoms with Gasteiger partial charge >= 0.3 is 17.5 Å². The Hall–Kier alpha value is -7.47. The number of hydrogen-bond acceptors (Lipinski definition) is 0. The zero-order chi connectivity index (χ0) is 70.2. The van der Waals surface area contributed by atoms with Gasteiger partial charge in [0.05, 0.1) is 28.2 Å². The van der Waals surface area contributed by atoms with Crippen LogP contribution in [0.15, 0.2) is 24.3 Å². The van der Waals surface area contributed by atoms with Gasteiger partial charge in [-0.15, -0.1) is 0 Å². The first kappa shape index (κ1) is 71.4. The molecule has 498 valence electrons. The van der Waals surface area contributed by atoms with Gasteiger partial charge in [-0.1, -0.05) is 26.2 Å². The van der Waals surface area contributed by atoms with Crippen molar-refractivity contribution in [3.8, 4) is 0 Å². The lowest BCUT2D eigenvalue weighted by Gasteiger charge is -2.44. The molecule has 93 heavy (non-hydrogen) atoms. The Morgan fingerprint density at radius 1 is 0.290 bits per heavy atom. The molecule has 1 atom stereocenters. The number of hydrogen-bond donors (Lipinski definition) is 0. The second kappa shape index (κ2) is 24.7. The molecule has 9 aromatic carbocycles. The Kier molecular flexibility index (Phi) is 19.0. The molecular formula is C56H21AlF35P. The Balaban J connectivity index is 0.000000334. The number of rotatable bonds is 13. The van der Waals surface area contributed by atoms with Crippen molar-refractivity contribution in [2.75, 3.05) is 6.66 Å². The molecule has 0 nitrogen and oxygen atoms in total. The molecule has 37 heteroatoms. The Bertz CT molecular complexity index is 4150. The molecule has 0 aliphatic carbocycles. The van der Waals surface area contributed by atoms with E-state index in [1.165, 1.54) is 0 Å². The molecule has 9 aromatic rings. The smallest absolute Gasteiger partial charge is 0.208 e. The summed E-state index contributed by atoms with van der Waals surface area (Å²) in [5, 5.41) is -22.4. The highest BCUT2D eigenvalue weighted by Gasteiger charge is 2.77. The Labute approximate surface area is 495 Å². The van der Waals surface area contributed by atoms with Gasteiger partial charge in [-0.3, -0.25) is 0 Å². The van der Waals surface area contributed by atoms with Crippen LogP contribution in [0, 0.1) is 169 Å². The first-order valence-corrected chi connectivity index (χ1v) is 29.4. The molecule has 1 unspecified atom stereocenters. The molecule has 0 bridgehead atoms. The van der Waals surface area contributed by atoms with E-state index < -0.39 is 310 Å². The van der Waals surface area contributed by atoms with E-state index in [2.05, 4.69) is 0 Å². The van der Waals surface area contributed by atoms with Gasteiger partial charge in [0.2, 0.25) is 29.1 Å². The fraction of sp³-hybridized carbons (Fsp3) is 0.179. The third-order valence-electron chi connectivity index (χ3n) is 15.2. The van der Waals surface area contributed by atoms with Crippen LogP contribution in [-0.2, 0) is 0 Å². The standard InChI is InChI=1S/C16H16F11P.4C10HF6.Al/c1-3-4-5-6-7-14(22,23)15(24,25)16(26,27)28(2)13-11(20)9(18)8(17)10(19)12(13)21;4*11-4-1-3-2-5(12)8(14)10(16)6(3)9(15)7(4)13;/h3-7H2,1-2H3;4*1H;/q;;;;;-1/p+1. The van der Waals surface area contributed by atoms with Crippen molar-refractivity contribution in [2.24, 2.45) is 0 Å². The van der Waals surface area contributed by atoms with Gasteiger partial charge < -0.3 is 0 Å². The third kappa shape index (κ3) is 10.4. The summed E-state index contributed by atoms with van der Waals surface area (Å²) in [4.78, 5) is 0. The molecule has 0 fully saturated rings. The Morgan fingerprint density at radius 2 is 0.516 bits per heavy atom. The summed E-state index contributed by atoms with van der Waals surface area (Å²) in [6.07, 6.45) is -1.12. The van der Waals surface area contributed by atoms with Crippen molar-refractivity contribution < 1.29 is 154 Å². The van der Waals surface area contributed by atoms with E-state index in [-0.39, 0.29) is 13.1 Å². The normalized spacial score (nSPS) is 13.0. The molecule has 0 heterocycles. The lowest BCUT2D eigenvalue weighted by atomic mass is 10.0. The van der Waals surface area contributed by atoms with Crippen molar-refractivity contribution >= 4 is 87.1 Å². The van der Waals surface area contributed by atoms with E-state index in [1.807, 2.05) is 0 Å². The molecule has 0 radical (unpaired) electrons. The minimum absolute atomic E-state index is 0.0648. The van der Waals surface area contributed by atoms with Gasteiger partial charge in [0.1, 0.15) is 31.2 Å². The van der Waals surface area contributed by atoms with Crippen molar-refractivity contribution in [1.29, 1.82) is 0 Å². The number of benzene rings is 9. The van der Waals surface area contributed by atoms with Gasteiger partial charge in [0, 0.05) is 6.42 Å². The highest BCUT2D eigenvalue weighted by molar-refractivity contribution is 7.66. The van der Waals surface area contributed by atoms with E-state index >= 15 is 87.8 Å². The quantitative estimate of drug-likeness (QED) is 0.0270. The molecule has 0 aromatic heterocycles. The van der Waals surface area contributed by atoms with Gasteiger partial charge in [-0.2, -0.15) is 52.8 Å². The second-order valence-electron chi connectivity index (χ2n) is 20.2. The number of fused-ring (bicyclic) bond motifs is 4. The number of unbranched alkanes of at least 4 members (excludes halogenated alkanes) is 3. The largest absolute Gasteiger partial charge is 0.424 e. The van der Waals surface area contributed by atoms with Crippen LogP contribution in [0.3, 0.4) is 0 Å². The van der Waals surface area contributed by atoms with Crippen LogP contribution in [0.2, 0.25) is 0 Å². The van der Waals surface area contributed by atoms with E-state index in [1.54, 1.807) is 6.92 Å². The van der Waals surface area contributed by atoms with Gasteiger partial charge in [0.15, 0.2) is 122 Å². The van der Waals surface area contributed by atoms with E-state index in [9.17, 15) is 65.9 Å². The third-order valence-corrected chi connectivity index (χ3v) is 23.3. The molecule has 0 aliphatic heterocycles. The zero-order valence-electron chi connectivity index (χ0n) is 44.7. The van der Waals surface area contributed by atoms with E-state index in [4.69, 9.17) is 0 Å². The maximum absolute atomic E-state index is 17.3. The van der Waals surface area contributed by atoms with Crippen molar-refractivity contribution in [2.45, 2.75) is 56.5 Å². The minimum Gasteiger partial charge on any atom is -0.208 e. The van der Waals surface area contributed by atoms with Crippen LogP contribution in [-0.4, -0.2) is 37.3 Å². The lowest BCUT2D eigenvalue weighted by Crippen LogP contribution is -2.78.